The van der Waals surface area contributed by atoms with Crippen LogP contribution in [0.3, 0.4) is 0 Å². The number of amides is 1. The molecule has 0 unspecified atom stereocenters. The van der Waals surface area contributed by atoms with Gasteiger partial charge in [-0.25, -0.2) is 4.98 Å². The second-order valence-corrected chi connectivity index (χ2v) is 6.11. The fraction of sp³-hybridized carbons (Fsp3) is 0.0952. The average molecular weight is 380 g/mol. The predicted molar refractivity (Wildman–Crippen MR) is 107 cm³/mol. The van der Waals surface area contributed by atoms with Gasteiger partial charge >= 0.3 is 0 Å². The van der Waals surface area contributed by atoms with E-state index in [-0.39, 0.29) is 18.3 Å². The van der Waals surface area contributed by atoms with Gasteiger partial charge in [0, 0.05) is 24.5 Å². The SMILES string of the molecule is Cc1ccc2nc(-c3ccc(CNC(=O)c4cccnc4)cc3)oc2c1.Cl. The van der Waals surface area contributed by atoms with E-state index in [1.165, 1.54) is 0 Å². The van der Waals surface area contributed by atoms with Crippen molar-refractivity contribution in [3.05, 3.63) is 83.7 Å². The van der Waals surface area contributed by atoms with Gasteiger partial charge in [0.2, 0.25) is 5.89 Å². The Labute approximate surface area is 162 Å². The van der Waals surface area contributed by atoms with Gasteiger partial charge < -0.3 is 9.73 Å². The summed E-state index contributed by atoms with van der Waals surface area (Å²) in [4.78, 5) is 20.5. The number of fused-ring (bicyclic) bond motifs is 1. The molecule has 0 bridgehead atoms. The summed E-state index contributed by atoms with van der Waals surface area (Å²) in [6, 6.07) is 17.2. The number of halogens is 1. The molecule has 0 fully saturated rings. The number of carbonyl (C=O) groups excluding carboxylic acids is 1. The molecule has 2 aromatic carbocycles. The monoisotopic (exact) mass is 379 g/mol. The Morgan fingerprint density at radius 1 is 1.11 bits per heavy atom. The highest BCUT2D eigenvalue weighted by Crippen LogP contribution is 2.25. The van der Waals surface area contributed by atoms with Crippen molar-refractivity contribution in [2.24, 2.45) is 0 Å². The molecule has 0 radical (unpaired) electrons. The summed E-state index contributed by atoms with van der Waals surface area (Å²) >= 11 is 0. The number of aryl methyl sites for hydroxylation is 1. The largest absolute Gasteiger partial charge is 0.436 e. The molecule has 0 atom stereocenters. The first kappa shape index (κ1) is 18.6. The van der Waals surface area contributed by atoms with E-state index in [0.29, 0.717) is 18.0 Å². The summed E-state index contributed by atoms with van der Waals surface area (Å²) in [6.07, 6.45) is 3.19. The Bertz CT molecular complexity index is 1060. The van der Waals surface area contributed by atoms with Crippen LogP contribution in [0, 0.1) is 6.92 Å². The number of aromatic nitrogens is 2. The summed E-state index contributed by atoms with van der Waals surface area (Å²) < 4.78 is 5.84. The molecule has 0 aliphatic rings. The van der Waals surface area contributed by atoms with E-state index in [1.807, 2.05) is 49.4 Å². The maximum atomic E-state index is 12.1. The van der Waals surface area contributed by atoms with E-state index in [9.17, 15) is 4.79 Å². The number of pyridine rings is 1. The molecule has 1 N–H and O–H groups in total. The second-order valence-electron chi connectivity index (χ2n) is 6.11. The second kappa shape index (κ2) is 8.01. The number of hydrogen-bond donors (Lipinski definition) is 1. The number of carbonyl (C=O) groups is 1. The molecule has 1 amide bonds. The van der Waals surface area contributed by atoms with Crippen LogP contribution in [-0.2, 0) is 6.54 Å². The third-order valence-corrected chi connectivity index (χ3v) is 4.12. The van der Waals surface area contributed by atoms with Crippen LogP contribution in [0.5, 0.6) is 0 Å². The zero-order valence-electron chi connectivity index (χ0n) is 14.7. The van der Waals surface area contributed by atoms with E-state index in [2.05, 4.69) is 15.3 Å². The standard InChI is InChI=1S/C21H17N3O2.ClH/c1-14-4-9-18-19(11-14)26-21(24-18)16-7-5-15(6-8-16)12-23-20(25)17-3-2-10-22-13-17;/h2-11,13H,12H2,1H3,(H,23,25);1H. The molecule has 0 aliphatic heterocycles. The highest BCUT2D eigenvalue weighted by atomic mass is 35.5. The lowest BCUT2D eigenvalue weighted by Gasteiger charge is -2.05. The van der Waals surface area contributed by atoms with Gasteiger partial charge in [-0.1, -0.05) is 18.2 Å². The fourth-order valence-electron chi connectivity index (χ4n) is 2.70. The van der Waals surface area contributed by atoms with E-state index in [4.69, 9.17) is 4.42 Å². The summed E-state index contributed by atoms with van der Waals surface area (Å²) in [5, 5.41) is 2.88. The first-order valence-corrected chi connectivity index (χ1v) is 8.34. The summed E-state index contributed by atoms with van der Waals surface area (Å²) in [6.45, 7) is 2.47. The fourth-order valence-corrected chi connectivity index (χ4v) is 2.70. The third kappa shape index (κ3) is 4.15. The Balaban J connectivity index is 0.00000210. The first-order valence-electron chi connectivity index (χ1n) is 8.34. The molecule has 4 aromatic rings. The highest BCUT2D eigenvalue weighted by Gasteiger charge is 2.09. The smallest absolute Gasteiger partial charge is 0.253 e. The van der Waals surface area contributed by atoms with Gasteiger partial charge in [0.25, 0.3) is 5.91 Å². The van der Waals surface area contributed by atoms with Crippen LogP contribution in [0.2, 0.25) is 0 Å². The van der Waals surface area contributed by atoms with Gasteiger partial charge in [-0.15, -0.1) is 12.4 Å². The van der Waals surface area contributed by atoms with Crippen molar-refractivity contribution >= 4 is 29.4 Å². The van der Waals surface area contributed by atoms with Crippen molar-refractivity contribution in [3.63, 3.8) is 0 Å². The van der Waals surface area contributed by atoms with Crippen molar-refractivity contribution < 1.29 is 9.21 Å². The van der Waals surface area contributed by atoms with Gasteiger partial charge in [-0.3, -0.25) is 9.78 Å². The number of nitrogens with one attached hydrogen (secondary N) is 1. The Hall–Kier alpha value is -3.18. The van der Waals surface area contributed by atoms with E-state index in [0.717, 1.165) is 27.8 Å². The molecule has 2 heterocycles. The van der Waals surface area contributed by atoms with Crippen LogP contribution in [-0.4, -0.2) is 15.9 Å². The Morgan fingerprint density at radius 2 is 1.93 bits per heavy atom. The highest BCUT2D eigenvalue weighted by molar-refractivity contribution is 5.93. The number of nitrogens with zero attached hydrogens (tertiary/aromatic N) is 2. The molecule has 2 aromatic heterocycles. The molecule has 136 valence electrons. The zero-order valence-corrected chi connectivity index (χ0v) is 15.5. The molecule has 27 heavy (non-hydrogen) atoms. The van der Waals surface area contributed by atoms with Gasteiger partial charge in [-0.2, -0.15) is 0 Å². The van der Waals surface area contributed by atoms with Crippen LogP contribution in [0.25, 0.3) is 22.6 Å². The summed E-state index contributed by atoms with van der Waals surface area (Å²) in [5.74, 6) is 0.452. The molecule has 6 heteroatoms. The van der Waals surface area contributed by atoms with Gasteiger partial charge in [0.05, 0.1) is 5.56 Å². The van der Waals surface area contributed by atoms with E-state index in [1.54, 1.807) is 24.5 Å². The minimum atomic E-state index is -0.142. The maximum Gasteiger partial charge on any atom is 0.253 e. The Kier molecular flexibility index (Phi) is 5.52. The quantitative estimate of drug-likeness (QED) is 0.564. The van der Waals surface area contributed by atoms with Crippen LogP contribution in [0.4, 0.5) is 0 Å². The predicted octanol–water partition coefficient (Wildman–Crippen LogP) is 4.55. The van der Waals surface area contributed by atoms with Crippen LogP contribution >= 0.6 is 12.4 Å². The van der Waals surface area contributed by atoms with Gasteiger partial charge in [-0.05, 0) is 54.4 Å². The van der Waals surface area contributed by atoms with E-state index >= 15 is 0 Å². The van der Waals surface area contributed by atoms with Crippen LogP contribution in [0.15, 0.2) is 71.4 Å². The third-order valence-electron chi connectivity index (χ3n) is 4.12. The number of oxazole rings is 1. The summed E-state index contributed by atoms with van der Waals surface area (Å²) in [5.41, 5.74) is 5.22. The van der Waals surface area contributed by atoms with Crippen molar-refractivity contribution in [3.8, 4) is 11.5 Å². The molecular formula is C21H18ClN3O2. The lowest BCUT2D eigenvalue weighted by molar-refractivity contribution is 0.0950. The molecule has 0 saturated heterocycles. The normalized spacial score (nSPS) is 10.4. The maximum absolute atomic E-state index is 12.1. The molecule has 0 aliphatic carbocycles. The lowest BCUT2D eigenvalue weighted by Crippen LogP contribution is -2.22. The van der Waals surface area contributed by atoms with Crippen LogP contribution in [0.1, 0.15) is 21.5 Å². The first-order chi connectivity index (χ1) is 12.7. The topological polar surface area (TPSA) is 68.0 Å². The Morgan fingerprint density at radius 3 is 2.67 bits per heavy atom. The zero-order chi connectivity index (χ0) is 17.9. The number of benzene rings is 2. The van der Waals surface area contributed by atoms with Gasteiger partial charge in [0.15, 0.2) is 5.58 Å². The minimum absolute atomic E-state index is 0. The van der Waals surface area contributed by atoms with Gasteiger partial charge in [0.1, 0.15) is 5.52 Å². The van der Waals surface area contributed by atoms with Crippen molar-refractivity contribution in [2.45, 2.75) is 13.5 Å². The molecule has 0 spiro atoms. The molecule has 5 nitrogen and oxygen atoms in total. The molecule has 0 saturated carbocycles. The minimum Gasteiger partial charge on any atom is -0.436 e. The van der Waals surface area contributed by atoms with Crippen molar-refractivity contribution in [1.82, 2.24) is 15.3 Å². The molecule has 4 rings (SSSR count). The van der Waals surface area contributed by atoms with Crippen LogP contribution < -0.4 is 5.32 Å². The lowest BCUT2D eigenvalue weighted by atomic mass is 10.1. The summed E-state index contributed by atoms with van der Waals surface area (Å²) in [7, 11) is 0. The number of rotatable bonds is 4. The average Bonchev–Trinajstić information content (AvgIpc) is 3.10. The molecular weight excluding hydrogens is 362 g/mol. The van der Waals surface area contributed by atoms with E-state index < -0.39 is 0 Å². The number of hydrogen-bond acceptors (Lipinski definition) is 4. The van der Waals surface area contributed by atoms with Crippen molar-refractivity contribution in [1.29, 1.82) is 0 Å². The van der Waals surface area contributed by atoms with Crippen molar-refractivity contribution in [2.75, 3.05) is 0 Å².